The van der Waals surface area contributed by atoms with Gasteiger partial charge in [0.25, 0.3) is 0 Å². The third-order valence-corrected chi connectivity index (χ3v) is 3.27. The van der Waals surface area contributed by atoms with Crippen LogP contribution in [-0.4, -0.2) is 23.6 Å². The van der Waals surface area contributed by atoms with E-state index in [2.05, 4.69) is 28.4 Å². The molecule has 1 aliphatic carbocycles. The Morgan fingerprint density at radius 2 is 2.38 bits per heavy atom. The van der Waals surface area contributed by atoms with Gasteiger partial charge in [-0.3, -0.25) is 0 Å². The molecule has 1 atom stereocenters. The predicted molar refractivity (Wildman–Crippen MR) is 65.5 cm³/mol. The molecule has 0 fully saturated rings. The summed E-state index contributed by atoms with van der Waals surface area (Å²) < 4.78 is 0. The van der Waals surface area contributed by atoms with E-state index in [0.29, 0.717) is 0 Å². The molecule has 0 bridgehead atoms. The molecule has 2 rings (SSSR count). The van der Waals surface area contributed by atoms with Gasteiger partial charge in [-0.15, -0.1) is 0 Å². The molecule has 3 heteroatoms. The zero-order chi connectivity index (χ0) is 11.4. The topological polar surface area (TPSA) is 37.8 Å². The summed E-state index contributed by atoms with van der Waals surface area (Å²) in [5, 5.41) is 3.26. The van der Waals surface area contributed by atoms with Crippen LogP contribution in [0.3, 0.4) is 0 Å². The minimum absolute atomic E-state index is 0.762. The van der Waals surface area contributed by atoms with Gasteiger partial charge in [0.15, 0.2) is 0 Å². The van der Waals surface area contributed by atoms with Crippen LogP contribution in [0.2, 0.25) is 0 Å². The molecule has 1 aliphatic rings. The number of aryl methyl sites for hydroxylation is 2. The fourth-order valence-electron chi connectivity index (χ4n) is 2.43. The van der Waals surface area contributed by atoms with Crippen LogP contribution in [0.5, 0.6) is 0 Å². The molecular weight excluding hydrogens is 198 g/mol. The molecule has 0 aromatic carbocycles. The van der Waals surface area contributed by atoms with Crippen LogP contribution in [0.15, 0.2) is 6.20 Å². The first-order chi connectivity index (χ1) is 7.83. The van der Waals surface area contributed by atoms with Gasteiger partial charge >= 0.3 is 0 Å². The van der Waals surface area contributed by atoms with Gasteiger partial charge < -0.3 is 5.32 Å². The van der Waals surface area contributed by atoms with Gasteiger partial charge in [-0.1, -0.05) is 6.92 Å². The van der Waals surface area contributed by atoms with E-state index in [1.54, 1.807) is 0 Å². The standard InChI is InChI=1S/C13H21N3/c1-3-4-13-15-9-11-7-10(8-14-2)5-6-12(11)16-13/h9-10,14H,3-8H2,1-2H3. The zero-order valence-corrected chi connectivity index (χ0v) is 10.3. The monoisotopic (exact) mass is 219 g/mol. The van der Waals surface area contributed by atoms with Crippen molar-refractivity contribution in [2.45, 2.75) is 39.0 Å². The Hall–Kier alpha value is -0.960. The van der Waals surface area contributed by atoms with Gasteiger partial charge in [0.2, 0.25) is 0 Å². The summed E-state index contributed by atoms with van der Waals surface area (Å²) in [6.07, 6.45) is 7.71. The second-order valence-corrected chi connectivity index (χ2v) is 4.67. The molecule has 1 aromatic heterocycles. The van der Waals surface area contributed by atoms with Crippen LogP contribution in [-0.2, 0) is 19.3 Å². The molecule has 0 radical (unpaired) electrons. The minimum Gasteiger partial charge on any atom is -0.319 e. The Bertz CT molecular complexity index is 349. The van der Waals surface area contributed by atoms with Crippen molar-refractivity contribution in [2.75, 3.05) is 13.6 Å². The van der Waals surface area contributed by atoms with E-state index >= 15 is 0 Å². The van der Waals surface area contributed by atoms with Gasteiger partial charge in [0.1, 0.15) is 5.82 Å². The summed E-state index contributed by atoms with van der Waals surface area (Å²) in [6, 6.07) is 0. The highest BCUT2D eigenvalue weighted by molar-refractivity contribution is 5.21. The maximum atomic E-state index is 4.67. The number of fused-ring (bicyclic) bond motifs is 1. The largest absolute Gasteiger partial charge is 0.319 e. The number of hydrogen-bond donors (Lipinski definition) is 1. The Kier molecular flexibility index (Phi) is 3.88. The third-order valence-electron chi connectivity index (χ3n) is 3.27. The van der Waals surface area contributed by atoms with E-state index in [0.717, 1.165) is 44.0 Å². The fourth-order valence-corrected chi connectivity index (χ4v) is 2.43. The van der Waals surface area contributed by atoms with E-state index in [1.165, 1.54) is 17.7 Å². The van der Waals surface area contributed by atoms with E-state index in [-0.39, 0.29) is 0 Å². The van der Waals surface area contributed by atoms with Crippen molar-refractivity contribution in [3.8, 4) is 0 Å². The van der Waals surface area contributed by atoms with Crippen molar-refractivity contribution in [1.82, 2.24) is 15.3 Å². The van der Waals surface area contributed by atoms with Crippen LogP contribution >= 0.6 is 0 Å². The second kappa shape index (κ2) is 5.39. The molecule has 16 heavy (non-hydrogen) atoms. The maximum absolute atomic E-state index is 4.67. The van der Waals surface area contributed by atoms with E-state index in [9.17, 15) is 0 Å². The summed E-state index contributed by atoms with van der Waals surface area (Å²) in [5.74, 6) is 1.78. The summed E-state index contributed by atoms with van der Waals surface area (Å²) in [4.78, 5) is 9.11. The smallest absolute Gasteiger partial charge is 0.128 e. The first-order valence-electron chi connectivity index (χ1n) is 6.31. The number of nitrogens with one attached hydrogen (secondary N) is 1. The molecule has 0 aliphatic heterocycles. The number of rotatable bonds is 4. The van der Waals surface area contributed by atoms with Gasteiger partial charge in [-0.25, -0.2) is 9.97 Å². The molecule has 1 unspecified atom stereocenters. The van der Waals surface area contributed by atoms with Crippen molar-refractivity contribution < 1.29 is 0 Å². The van der Waals surface area contributed by atoms with Crippen molar-refractivity contribution in [1.29, 1.82) is 0 Å². The van der Waals surface area contributed by atoms with Crippen molar-refractivity contribution in [3.05, 3.63) is 23.3 Å². The van der Waals surface area contributed by atoms with Gasteiger partial charge in [-0.2, -0.15) is 0 Å². The lowest BCUT2D eigenvalue weighted by atomic mass is 9.87. The van der Waals surface area contributed by atoms with Gasteiger partial charge in [-0.05, 0) is 50.8 Å². The van der Waals surface area contributed by atoms with Crippen molar-refractivity contribution >= 4 is 0 Å². The van der Waals surface area contributed by atoms with Crippen molar-refractivity contribution in [3.63, 3.8) is 0 Å². The van der Waals surface area contributed by atoms with Crippen molar-refractivity contribution in [2.24, 2.45) is 5.92 Å². The number of aromatic nitrogens is 2. The average molecular weight is 219 g/mol. The zero-order valence-electron chi connectivity index (χ0n) is 10.3. The summed E-state index contributed by atoms with van der Waals surface area (Å²) in [7, 11) is 2.02. The highest BCUT2D eigenvalue weighted by Gasteiger charge is 2.19. The summed E-state index contributed by atoms with van der Waals surface area (Å²) in [5.41, 5.74) is 2.66. The molecule has 0 amide bonds. The van der Waals surface area contributed by atoms with E-state index < -0.39 is 0 Å². The lowest BCUT2D eigenvalue weighted by Gasteiger charge is -2.23. The molecular formula is C13H21N3. The lowest BCUT2D eigenvalue weighted by molar-refractivity contribution is 0.433. The molecule has 0 spiro atoms. The van der Waals surface area contributed by atoms with Crippen LogP contribution in [0.4, 0.5) is 0 Å². The summed E-state index contributed by atoms with van der Waals surface area (Å²) >= 11 is 0. The van der Waals surface area contributed by atoms with Crippen LogP contribution < -0.4 is 5.32 Å². The van der Waals surface area contributed by atoms with E-state index in [1.807, 2.05) is 7.05 Å². The molecule has 0 saturated heterocycles. The first kappa shape index (κ1) is 11.5. The minimum atomic E-state index is 0.762. The first-order valence-corrected chi connectivity index (χ1v) is 6.31. The predicted octanol–water partition coefficient (Wildman–Crippen LogP) is 1.75. The normalized spacial score (nSPS) is 19.5. The molecule has 3 nitrogen and oxygen atoms in total. The number of nitrogens with zero attached hydrogens (tertiary/aromatic N) is 2. The highest BCUT2D eigenvalue weighted by atomic mass is 14.9. The Morgan fingerprint density at radius 3 is 3.12 bits per heavy atom. The molecule has 88 valence electrons. The van der Waals surface area contributed by atoms with Crippen LogP contribution in [0, 0.1) is 5.92 Å². The third kappa shape index (κ3) is 2.59. The van der Waals surface area contributed by atoms with Crippen LogP contribution in [0.25, 0.3) is 0 Å². The molecule has 1 N–H and O–H groups in total. The fraction of sp³-hybridized carbons (Fsp3) is 0.692. The Balaban J connectivity index is 2.09. The average Bonchev–Trinajstić information content (AvgIpc) is 2.30. The molecule has 0 saturated carbocycles. The number of hydrogen-bond acceptors (Lipinski definition) is 3. The quantitative estimate of drug-likeness (QED) is 0.838. The van der Waals surface area contributed by atoms with Crippen LogP contribution in [0.1, 0.15) is 36.8 Å². The second-order valence-electron chi connectivity index (χ2n) is 4.67. The van der Waals surface area contributed by atoms with Gasteiger partial charge in [0.05, 0.1) is 0 Å². The molecule has 1 aromatic rings. The highest BCUT2D eigenvalue weighted by Crippen LogP contribution is 2.23. The van der Waals surface area contributed by atoms with E-state index in [4.69, 9.17) is 0 Å². The summed E-state index contributed by atoms with van der Waals surface area (Å²) in [6.45, 7) is 3.28. The van der Waals surface area contributed by atoms with Gasteiger partial charge in [0, 0.05) is 18.3 Å². The SMILES string of the molecule is CCCc1ncc2c(n1)CCC(CNC)C2. The lowest BCUT2D eigenvalue weighted by Crippen LogP contribution is -2.25. The Labute approximate surface area is 97.7 Å². The maximum Gasteiger partial charge on any atom is 0.128 e. The molecule has 1 heterocycles. The Morgan fingerprint density at radius 1 is 1.50 bits per heavy atom.